The highest BCUT2D eigenvalue weighted by Crippen LogP contribution is 2.20. The van der Waals surface area contributed by atoms with E-state index in [2.05, 4.69) is 5.32 Å². The van der Waals surface area contributed by atoms with E-state index in [9.17, 15) is 31.1 Å². The molecule has 12 heteroatoms. The van der Waals surface area contributed by atoms with E-state index in [1.807, 2.05) is 0 Å². The summed E-state index contributed by atoms with van der Waals surface area (Å²) in [6.45, 7) is 0.514. The van der Waals surface area contributed by atoms with Crippen molar-refractivity contribution in [3.8, 4) is 0 Å². The molecule has 0 heterocycles. The molecule has 0 aliphatic heterocycles. The van der Waals surface area contributed by atoms with E-state index in [0.29, 0.717) is 5.69 Å². The molecule has 0 aliphatic rings. The van der Waals surface area contributed by atoms with Gasteiger partial charge in [0, 0.05) is 26.2 Å². The van der Waals surface area contributed by atoms with Crippen molar-refractivity contribution < 1.29 is 31.1 Å². The summed E-state index contributed by atoms with van der Waals surface area (Å²) in [7, 11) is -6.54. The number of nitrogens with one attached hydrogen (secondary N) is 1. The Labute approximate surface area is 181 Å². The average Bonchev–Trinajstić information content (AvgIpc) is 2.66. The molecule has 0 aromatic heterocycles. The lowest BCUT2D eigenvalue weighted by Crippen LogP contribution is -2.43. The zero-order chi connectivity index (χ0) is 23.4. The maximum absolute atomic E-state index is 13.1. The summed E-state index contributed by atoms with van der Waals surface area (Å²) in [4.78, 5) is 11.0. The summed E-state index contributed by atoms with van der Waals surface area (Å²) in [5, 5.41) is 12.9. The molecular formula is C19H24FN3O6S2. The Hall–Kier alpha value is -2.54. The van der Waals surface area contributed by atoms with Gasteiger partial charge < -0.3 is 10.4 Å². The highest BCUT2D eigenvalue weighted by molar-refractivity contribution is 7.92. The molecule has 1 unspecified atom stereocenters. The van der Waals surface area contributed by atoms with Crippen LogP contribution >= 0.6 is 0 Å². The first-order chi connectivity index (χ1) is 14.3. The molecule has 1 atom stereocenters. The van der Waals surface area contributed by atoms with E-state index in [4.69, 9.17) is 0 Å². The van der Waals surface area contributed by atoms with Crippen molar-refractivity contribution in [1.82, 2.24) is 4.31 Å². The first-order valence-corrected chi connectivity index (χ1v) is 12.3. The predicted molar refractivity (Wildman–Crippen MR) is 115 cm³/mol. The average molecular weight is 474 g/mol. The third-order valence-corrected chi connectivity index (χ3v) is 7.24. The van der Waals surface area contributed by atoms with Crippen LogP contribution in [0.2, 0.25) is 0 Å². The highest BCUT2D eigenvalue weighted by Gasteiger charge is 2.26. The van der Waals surface area contributed by atoms with Gasteiger partial charge in [-0.2, -0.15) is 4.31 Å². The first kappa shape index (κ1) is 24.7. The van der Waals surface area contributed by atoms with E-state index in [1.54, 1.807) is 0 Å². The van der Waals surface area contributed by atoms with Crippen LogP contribution in [0.25, 0.3) is 0 Å². The standard InChI is InChI=1S/C19H24FN3O6S2/c1-14(24)21-16-6-10-19(11-7-16)31(28,29)22(2)12-18(25)13-23(30(3,26)27)17-8-4-15(20)5-9-17/h4-11,18,25H,12-13H2,1-3H3,(H,21,24). The normalized spacial score (nSPS) is 13.1. The van der Waals surface area contributed by atoms with Gasteiger partial charge in [-0.15, -0.1) is 0 Å². The van der Waals surface area contributed by atoms with E-state index in [-0.39, 0.29) is 23.0 Å². The minimum Gasteiger partial charge on any atom is -0.390 e. The Morgan fingerprint density at radius 2 is 1.58 bits per heavy atom. The Kier molecular flexibility index (Phi) is 7.76. The Balaban J connectivity index is 2.14. The number of sulfonamides is 2. The van der Waals surface area contributed by atoms with Crippen LogP contribution in [0, 0.1) is 5.82 Å². The van der Waals surface area contributed by atoms with Crippen molar-refractivity contribution in [3.05, 3.63) is 54.3 Å². The number of anilines is 2. The van der Waals surface area contributed by atoms with Crippen LogP contribution in [0.5, 0.6) is 0 Å². The van der Waals surface area contributed by atoms with Gasteiger partial charge in [-0.05, 0) is 48.5 Å². The third-order valence-electron chi connectivity index (χ3n) is 4.24. The molecule has 2 aromatic rings. The second-order valence-corrected chi connectivity index (χ2v) is 10.9. The summed E-state index contributed by atoms with van der Waals surface area (Å²) < 4.78 is 64.7. The lowest BCUT2D eigenvalue weighted by atomic mass is 10.3. The quantitative estimate of drug-likeness (QED) is 0.565. The summed E-state index contributed by atoms with van der Waals surface area (Å²) in [6, 6.07) is 10.1. The number of likely N-dealkylation sites (N-methyl/N-ethyl adjacent to an activating group) is 1. The van der Waals surface area contributed by atoms with Crippen LogP contribution < -0.4 is 9.62 Å². The molecule has 0 saturated carbocycles. The second kappa shape index (κ2) is 9.73. The van der Waals surface area contributed by atoms with Gasteiger partial charge in [-0.25, -0.2) is 21.2 Å². The van der Waals surface area contributed by atoms with E-state index in [1.165, 1.54) is 50.4 Å². The number of hydrogen-bond acceptors (Lipinski definition) is 6. The Bertz CT molecular complexity index is 1120. The fraction of sp³-hybridized carbons (Fsp3) is 0.316. The van der Waals surface area contributed by atoms with Crippen LogP contribution in [-0.2, 0) is 24.8 Å². The van der Waals surface area contributed by atoms with Crippen molar-refractivity contribution in [2.45, 2.75) is 17.9 Å². The van der Waals surface area contributed by atoms with Crippen molar-refractivity contribution in [3.63, 3.8) is 0 Å². The minimum absolute atomic E-state index is 0.0604. The first-order valence-electron chi connectivity index (χ1n) is 9.06. The van der Waals surface area contributed by atoms with Crippen molar-refractivity contribution in [2.75, 3.05) is 36.0 Å². The SMILES string of the molecule is CC(=O)Nc1ccc(S(=O)(=O)N(C)CC(O)CN(c2ccc(F)cc2)S(C)(=O)=O)cc1. The smallest absolute Gasteiger partial charge is 0.242 e. The minimum atomic E-state index is -3.98. The molecular weight excluding hydrogens is 449 g/mol. The molecule has 31 heavy (non-hydrogen) atoms. The maximum Gasteiger partial charge on any atom is 0.242 e. The number of benzene rings is 2. The number of amides is 1. The predicted octanol–water partition coefficient (Wildman–Crippen LogP) is 1.23. The molecule has 0 aliphatic carbocycles. The summed E-state index contributed by atoms with van der Waals surface area (Å²) in [5.74, 6) is -0.847. The number of halogens is 1. The molecule has 1 amide bonds. The number of aliphatic hydroxyl groups is 1. The van der Waals surface area contributed by atoms with E-state index < -0.39 is 38.5 Å². The molecule has 0 bridgehead atoms. The summed E-state index contributed by atoms with van der Waals surface area (Å²) >= 11 is 0. The molecule has 0 spiro atoms. The van der Waals surface area contributed by atoms with Gasteiger partial charge in [0.2, 0.25) is 26.0 Å². The largest absolute Gasteiger partial charge is 0.390 e. The lowest BCUT2D eigenvalue weighted by molar-refractivity contribution is -0.114. The molecule has 2 N–H and O–H groups in total. The monoisotopic (exact) mass is 473 g/mol. The number of aliphatic hydroxyl groups excluding tert-OH is 1. The van der Waals surface area contributed by atoms with Gasteiger partial charge in [-0.1, -0.05) is 0 Å². The molecule has 9 nitrogen and oxygen atoms in total. The molecule has 170 valence electrons. The Morgan fingerprint density at radius 3 is 2.06 bits per heavy atom. The highest BCUT2D eigenvalue weighted by atomic mass is 32.2. The van der Waals surface area contributed by atoms with Gasteiger partial charge >= 0.3 is 0 Å². The van der Waals surface area contributed by atoms with Crippen molar-refractivity contribution in [1.29, 1.82) is 0 Å². The van der Waals surface area contributed by atoms with E-state index in [0.717, 1.165) is 27.0 Å². The molecule has 2 aromatic carbocycles. The fourth-order valence-electron chi connectivity index (χ4n) is 2.78. The van der Waals surface area contributed by atoms with Gasteiger partial charge in [0.05, 0.1) is 29.5 Å². The number of carbonyl (C=O) groups is 1. The van der Waals surface area contributed by atoms with Crippen molar-refractivity contribution >= 4 is 37.3 Å². The maximum atomic E-state index is 13.1. The molecule has 0 fully saturated rings. The van der Waals surface area contributed by atoms with Gasteiger partial charge in [0.1, 0.15) is 5.82 Å². The molecule has 0 radical (unpaired) electrons. The zero-order valence-electron chi connectivity index (χ0n) is 17.2. The number of hydrogen-bond donors (Lipinski definition) is 2. The number of rotatable bonds is 9. The van der Waals surface area contributed by atoms with Gasteiger partial charge in [0.15, 0.2) is 0 Å². The third kappa shape index (κ3) is 6.72. The number of nitrogens with zero attached hydrogens (tertiary/aromatic N) is 2. The van der Waals surface area contributed by atoms with E-state index >= 15 is 0 Å². The van der Waals surface area contributed by atoms with Crippen LogP contribution in [0.15, 0.2) is 53.4 Å². The topological polar surface area (TPSA) is 124 Å². The summed E-state index contributed by atoms with van der Waals surface area (Å²) in [6.07, 6.45) is -0.432. The van der Waals surface area contributed by atoms with Gasteiger partial charge in [-0.3, -0.25) is 9.10 Å². The lowest BCUT2D eigenvalue weighted by Gasteiger charge is -2.27. The van der Waals surface area contributed by atoms with Crippen LogP contribution in [0.4, 0.5) is 15.8 Å². The molecule has 0 saturated heterocycles. The fourth-order valence-corrected chi connectivity index (χ4v) is 4.93. The Morgan fingerprint density at radius 1 is 1.03 bits per heavy atom. The number of carbonyl (C=O) groups excluding carboxylic acids is 1. The molecule has 2 rings (SSSR count). The van der Waals surface area contributed by atoms with Crippen LogP contribution in [0.3, 0.4) is 0 Å². The van der Waals surface area contributed by atoms with Gasteiger partial charge in [0.25, 0.3) is 0 Å². The van der Waals surface area contributed by atoms with Crippen molar-refractivity contribution in [2.24, 2.45) is 0 Å². The van der Waals surface area contributed by atoms with Crippen LogP contribution in [-0.4, -0.2) is 64.7 Å². The summed E-state index contributed by atoms with van der Waals surface area (Å²) in [5.41, 5.74) is 0.569. The second-order valence-electron chi connectivity index (χ2n) is 6.92. The zero-order valence-corrected chi connectivity index (χ0v) is 18.8. The van der Waals surface area contributed by atoms with Crippen LogP contribution in [0.1, 0.15) is 6.92 Å².